The zero-order valence-corrected chi connectivity index (χ0v) is 45.5. The molecule has 430 valence electrons. The first-order valence-corrected chi connectivity index (χ1v) is 27.3. The number of amides is 3. The number of benzene rings is 5. The number of carbonyl (C=O) groups is 4. The van der Waals surface area contributed by atoms with E-state index < -0.39 is 59.6 Å². The molecule has 5 aromatic carbocycles. The van der Waals surface area contributed by atoms with Crippen LogP contribution in [0.3, 0.4) is 0 Å². The number of ether oxygens (including phenoxy) is 1. The summed E-state index contributed by atoms with van der Waals surface area (Å²) in [6.07, 6.45) is 3.13. The van der Waals surface area contributed by atoms with E-state index in [-0.39, 0.29) is 54.9 Å². The van der Waals surface area contributed by atoms with Crippen molar-refractivity contribution < 1.29 is 56.1 Å². The van der Waals surface area contributed by atoms with Gasteiger partial charge in [-0.05, 0) is 114 Å². The van der Waals surface area contributed by atoms with Crippen LogP contribution in [0, 0.1) is 17.6 Å². The minimum Gasteiger partial charge on any atom is -0.400 e. The molecule has 0 saturated carbocycles. The lowest BCUT2D eigenvalue weighted by Gasteiger charge is -2.48. The quantitative estimate of drug-likeness (QED) is 0.0143. The fourth-order valence-electron chi connectivity index (χ4n) is 10.6. The van der Waals surface area contributed by atoms with E-state index in [4.69, 9.17) is 4.74 Å². The van der Waals surface area contributed by atoms with E-state index in [2.05, 4.69) is 20.6 Å². The van der Waals surface area contributed by atoms with Crippen LogP contribution in [0.5, 0.6) is 5.88 Å². The molecular weight excluding hydrogens is 1060 g/mol. The standard InChI is InChI=1S/C64H64F5N5O7.H3N/c65-46-30-28-43(29-31-46)54(75)37-36-51-59(74(62(51)79)48-34-32-47(66)33-35-48)45-21-16-18-42(40-45)41-72-55(76)26-10-5-3-1-2-4-6-11-27-56(77)73-52-24-13-12-22-49(52)57(50-23-17-39-71-61(50)81-63(80)64(67,68)69)58(53-25-14-15-38-70-53)60(78)44-19-8-7-9-20-44;/h7-9,12-25,28-35,38-40,51,54,57-60,75,78H,1-6,10-11,26-27,36-37,41H2,(H,72,76)(H,73,77);1H3/p+1. The Morgan fingerprint density at radius 2 is 1.26 bits per heavy atom. The Kier molecular flexibility index (Phi) is 22.1. The Balaban J connectivity index is 0.00000968. The molecule has 7 aromatic rings. The number of nitrogens with zero attached hydrogens (tertiary/aromatic N) is 3. The van der Waals surface area contributed by atoms with E-state index in [9.17, 15) is 51.3 Å². The van der Waals surface area contributed by atoms with Gasteiger partial charge in [0.15, 0.2) is 0 Å². The summed E-state index contributed by atoms with van der Waals surface area (Å²) in [5.74, 6) is -6.94. The normalized spacial score (nSPS) is 15.5. The second-order valence-corrected chi connectivity index (χ2v) is 20.3. The molecular formula is C64H68F5N6O7+. The molecule has 0 spiro atoms. The smallest absolute Gasteiger partial charge is 0.400 e. The van der Waals surface area contributed by atoms with Crippen molar-refractivity contribution >= 4 is 35.1 Å². The molecule has 3 heterocycles. The van der Waals surface area contributed by atoms with Crippen LogP contribution in [0.4, 0.5) is 33.3 Å². The molecule has 82 heavy (non-hydrogen) atoms. The van der Waals surface area contributed by atoms with Crippen LogP contribution < -0.4 is 26.4 Å². The lowest BCUT2D eigenvalue weighted by molar-refractivity contribution is -0.190. The van der Waals surface area contributed by atoms with Gasteiger partial charge in [0.05, 0.1) is 24.2 Å². The van der Waals surface area contributed by atoms with Crippen LogP contribution in [0.15, 0.2) is 170 Å². The molecule has 1 aliphatic heterocycles. The third-order valence-corrected chi connectivity index (χ3v) is 14.7. The number of β-lactam (4-membered cyclic amide) rings is 1. The number of anilines is 2. The number of halogens is 5. The molecule has 6 atom stereocenters. The molecule has 0 aliphatic carbocycles. The monoisotopic (exact) mass is 1130 g/mol. The average Bonchev–Trinajstić information content (AvgIpc) is 2.14. The van der Waals surface area contributed by atoms with Gasteiger partial charge in [0.25, 0.3) is 0 Å². The molecule has 2 aromatic heterocycles. The van der Waals surface area contributed by atoms with Gasteiger partial charge >= 0.3 is 12.1 Å². The number of aliphatic hydroxyl groups excluding tert-OH is 2. The molecule has 1 saturated heterocycles. The summed E-state index contributed by atoms with van der Waals surface area (Å²) in [6.45, 7) is 0.285. The molecule has 13 nitrogen and oxygen atoms in total. The molecule has 6 unspecified atom stereocenters. The number of aromatic nitrogens is 2. The Morgan fingerprint density at radius 3 is 1.93 bits per heavy atom. The number of para-hydroxylation sites is 1. The Bertz CT molecular complexity index is 3190. The number of rotatable bonds is 27. The minimum atomic E-state index is -5.32. The second kappa shape index (κ2) is 29.5. The van der Waals surface area contributed by atoms with Crippen molar-refractivity contribution in [2.24, 2.45) is 5.92 Å². The van der Waals surface area contributed by atoms with E-state index in [1.54, 1.807) is 89.8 Å². The fourth-order valence-corrected chi connectivity index (χ4v) is 10.6. The number of quaternary nitrogens is 1. The summed E-state index contributed by atoms with van der Waals surface area (Å²) in [6, 6.07) is 42.2. The van der Waals surface area contributed by atoms with Crippen molar-refractivity contribution in [1.29, 1.82) is 0 Å². The number of esters is 1. The third kappa shape index (κ3) is 16.3. The predicted molar refractivity (Wildman–Crippen MR) is 302 cm³/mol. The van der Waals surface area contributed by atoms with E-state index in [0.717, 1.165) is 49.7 Å². The number of nitrogens with one attached hydrogen (secondary N) is 2. The van der Waals surface area contributed by atoms with Gasteiger partial charge in [-0.15, -0.1) is 0 Å². The highest BCUT2D eigenvalue weighted by atomic mass is 19.4. The van der Waals surface area contributed by atoms with Gasteiger partial charge in [0, 0.05) is 66.2 Å². The Hall–Kier alpha value is -8.19. The number of hydrogen-bond donors (Lipinski definition) is 5. The van der Waals surface area contributed by atoms with Crippen LogP contribution in [0.25, 0.3) is 0 Å². The summed E-state index contributed by atoms with van der Waals surface area (Å²) < 4.78 is 73.1. The van der Waals surface area contributed by atoms with Crippen molar-refractivity contribution in [3.8, 4) is 5.88 Å². The Labute approximate surface area is 473 Å². The second-order valence-electron chi connectivity index (χ2n) is 20.3. The summed E-state index contributed by atoms with van der Waals surface area (Å²) in [4.78, 5) is 62.7. The average molecular weight is 1130 g/mol. The summed E-state index contributed by atoms with van der Waals surface area (Å²) >= 11 is 0. The zero-order chi connectivity index (χ0) is 57.3. The maximum Gasteiger partial charge on any atom is 0.491 e. The lowest BCUT2D eigenvalue weighted by atomic mass is 9.74. The van der Waals surface area contributed by atoms with E-state index in [1.807, 2.05) is 24.3 Å². The molecule has 1 fully saturated rings. The largest absolute Gasteiger partial charge is 0.491 e. The number of alkyl halides is 3. The van der Waals surface area contributed by atoms with Crippen molar-refractivity contribution in [2.75, 3.05) is 10.2 Å². The third-order valence-electron chi connectivity index (χ3n) is 14.7. The summed E-state index contributed by atoms with van der Waals surface area (Å²) in [7, 11) is 0. The lowest BCUT2D eigenvalue weighted by Crippen LogP contribution is -2.55. The van der Waals surface area contributed by atoms with Gasteiger partial charge in [-0.3, -0.25) is 19.4 Å². The van der Waals surface area contributed by atoms with Gasteiger partial charge in [0.1, 0.15) is 11.6 Å². The molecule has 18 heteroatoms. The zero-order valence-electron chi connectivity index (χ0n) is 45.5. The first-order chi connectivity index (χ1) is 39.2. The van der Waals surface area contributed by atoms with E-state index >= 15 is 0 Å². The topological polar surface area (TPSA) is 208 Å². The van der Waals surface area contributed by atoms with Gasteiger partial charge in [-0.25, -0.2) is 18.6 Å². The van der Waals surface area contributed by atoms with Crippen molar-refractivity contribution in [2.45, 2.75) is 120 Å². The SMILES string of the molecule is O=C(CCCCCCCCCCC(=O)Nc1ccccc1C(c1cccnc1OC(=O)C(F)(F)F)C(c1ccccn1)C(O)c1ccccc1)NCc1cccc(C2C(CCC(O)c3ccc(F)cc3)C(=O)N2c2ccc(F)cc2)c1.[NH4+]. The maximum absolute atomic E-state index is 13.9. The summed E-state index contributed by atoms with van der Waals surface area (Å²) in [5, 5.41) is 29.0. The number of carbonyl (C=O) groups excluding carboxylic acids is 4. The predicted octanol–water partition coefficient (Wildman–Crippen LogP) is 13.6. The van der Waals surface area contributed by atoms with Crippen LogP contribution >= 0.6 is 0 Å². The highest BCUT2D eigenvalue weighted by Gasteiger charge is 2.49. The van der Waals surface area contributed by atoms with Crippen LogP contribution in [-0.4, -0.2) is 50.0 Å². The molecule has 3 amide bonds. The molecule has 0 bridgehead atoms. The number of hydrogen-bond acceptors (Lipinski definition) is 9. The van der Waals surface area contributed by atoms with E-state index in [0.29, 0.717) is 59.4 Å². The van der Waals surface area contributed by atoms with Crippen LogP contribution in [-0.2, 0) is 25.7 Å². The van der Waals surface area contributed by atoms with Crippen molar-refractivity contribution in [1.82, 2.24) is 21.4 Å². The highest BCUT2D eigenvalue weighted by Crippen LogP contribution is 2.50. The minimum absolute atomic E-state index is 0. The van der Waals surface area contributed by atoms with Gasteiger partial charge in [-0.2, -0.15) is 13.2 Å². The summed E-state index contributed by atoms with van der Waals surface area (Å²) in [5.41, 5.74) is 4.49. The van der Waals surface area contributed by atoms with Crippen LogP contribution in [0.2, 0.25) is 0 Å². The van der Waals surface area contributed by atoms with Gasteiger partial charge < -0.3 is 36.6 Å². The van der Waals surface area contributed by atoms with Crippen molar-refractivity contribution in [3.63, 3.8) is 0 Å². The fraction of sp³-hybridized carbons (Fsp3) is 0.312. The van der Waals surface area contributed by atoms with Gasteiger partial charge in [0.2, 0.25) is 23.6 Å². The number of aliphatic hydroxyl groups is 2. The van der Waals surface area contributed by atoms with Crippen molar-refractivity contribution in [3.05, 3.63) is 221 Å². The van der Waals surface area contributed by atoms with Crippen LogP contribution in [0.1, 0.15) is 146 Å². The maximum atomic E-state index is 13.9. The first-order valence-electron chi connectivity index (χ1n) is 27.3. The van der Waals surface area contributed by atoms with Gasteiger partial charge in [-0.1, -0.05) is 136 Å². The molecule has 8 N–H and O–H groups in total. The first kappa shape index (κ1) is 61.4. The van der Waals surface area contributed by atoms with E-state index in [1.165, 1.54) is 60.9 Å². The molecule has 8 rings (SSSR count). The number of unbranched alkanes of at least 4 members (excludes halogenated alkanes) is 7. The molecule has 1 aliphatic rings. The Morgan fingerprint density at radius 1 is 0.646 bits per heavy atom. The molecule has 0 radical (unpaired) electrons. The highest BCUT2D eigenvalue weighted by molar-refractivity contribution is 6.03. The number of pyridine rings is 2.